The van der Waals surface area contributed by atoms with Gasteiger partial charge in [0.05, 0.1) is 10.7 Å². The van der Waals surface area contributed by atoms with E-state index in [-0.39, 0.29) is 11.8 Å². The van der Waals surface area contributed by atoms with Crippen molar-refractivity contribution < 1.29 is 9.59 Å². The smallest absolute Gasteiger partial charge is 0.224 e. The molecule has 1 aliphatic rings. The number of hydrogen-bond acceptors (Lipinski definition) is 3. The largest absolute Gasteiger partial charge is 0.326 e. The Bertz CT molecular complexity index is 830. The van der Waals surface area contributed by atoms with E-state index in [0.29, 0.717) is 23.0 Å². The molecule has 2 aromatic carbocycles. The average Bonchev–Trinajstić information content (AvgIpc) is 2.70. The number of amides is 2. The summed E-state index contributed by atoms with van der Waals surface area (Å²) in [5.74, 6) is 0.561. The van der Waals surface area contributed by atoms with E-state index in [4.69, 9.17) is 11.6 Å². The Labute approximate surface area is 177 Å². The van der Waals surface area contributed by atoms with E-state index in [1.54, 1.807) is 6.07 Å². The summed E-state index contributed by atoms with van der Waals surface area (Å²) in [6.07, 6.45) is 3.67. The zero-order valence-corrected chi connectivity index (χ0v) is 17.5. The minimum Gasteiger partial charge on any atom is -0.326 e. The lowest BCUT2D eigenvalue weighted by atomic mass is 9.92. The van der Waals surface area contributed by atoms with Crippen LogP contribution in [-0.4, -0.2) is 29.8 Å². The molecule has 2 amide bonds. The lowest BCUT2D eigenvalue weighted by Crippen LogP contribution is -2.33. The number of carbonyl (C=O) groups excluding carboxylic acids is 2. The van der Waals surface area contributed by atoms with Crippen LogP contribution in [0, 0.1) is 5.92 Å². The van der Waals surface area contributed by atoms with Crippen molar-refractivity contribution in [3.05, 3.63) is 59.1 Å². The van der Waals surface area contributed by atoms with Gasteiger partial charge < -0.3 is 10.6 Å². The quantitative estimate of drug-likeness (QED) is 0.676. The molecule has 3 rings (SSSR count). The van der Waals surface area contributed by atoms with Gasteiger partial charge in [-0.3, -0.25) is 14.5 Å². The lowest BCUT2D eigenvalue weighted by Gasteiger charge is -2.32. The Morgan fingerprint density at radius 1 is 1.03 bits per heavy atom. The second-order valence-corrected chi connectivity index (χ2v) is 8.07. The van der Waals surface area contributed by atoms with Crippen molar-refractivity contribution >= 4 is 34.8 Å². The summed E-state index contributed by atoms with van der Waals surface area (Å²) in [5.41, 5.74) is 2.75. The maximum atomic E-state index is 12.2. The van der Waals surface area contributed by atoms with Gasteiger partial charge in [0.1, 0.15) is 0 Å². The molecular formula is C23H28ClN3O2. The molecule has 1 heterocycles. The fraction of sp³-hybridized carbons (Fsp3) is 0.391. The third-order valence-corrected chi connectivity index (χ3v) is 5.64. The molecule has 0 unspecified atom stereocenters. The Hall–Kier alpha value is -2.37. The van der Waals surface area contributed by atoms with Crippen LogP contribution in [0.1, 0.15) is 38.2 Å². The van der Waals surface area contributed by atoms with E-state index < -0.39 is 0 Å². The average molecular weight is 414 g/mol. The minimum atomic E-state index is -0.0552. The number of rotatable bonds is 7. The molecule has 154 valence electrons. The summed E-state index contributed by atoms with van der Waals surface area (Å²) >= 11 is 6.09. The maximum absolute atomic E-state index is 12.2. The van der Waals surface area contributed by atoms with Crippen molar-refractivity contribution in [3.8, 4) is 0 Å². The first kappa shape index (κ1) is 21.3. The Morgan fingerprint density at radius 3 is 2.38 bits per heavy atom. The number of halogens is 1. The zero-order chi connectivity index (χ0) is 20.6. The summed E-state index contributed by atoms with van der Waals surface area (Å²) in [4.78, 5) is 25.8. The summed E-state index contributed by atoms with van der Waals surface area (Å²) in [6.45, 7) is 4.52. The van der Waals surface area contributed by atoms with Gasteiger partial charge in [0, 0.05) is 25.6 Å². The van der Waals surface area contributed by atoms with Gasteiger partial charge in [-0.25, -0.2) is 0 Å². The van der Waals surface area contributed by atoms with Crippen LogP contribution in [0.3, 0.4) is 0 Å². The standard InChI is InChI=1S/C23H28ClN3O2/c1-17(28)25-20-9-6-19(7-10-20)16-27-14-12-18(13-15-27)8-11-23(29)26-22-5-3-2-4-21(22)24/h2-7,9-10,18H,8,11-16H2,1H3,(H,25,28)(H,26,29). The van der Waals surface area contributed by atoms with Crippen molar-refractivity contribution in [2.24, 2.45) is 5.92 Å². The molecule has 0 radical (unpaired) electrons. The molecule has 0 aliphatic carbocycles. The predicted octanol–water partition coefficient (Wildman–Crippen LogP) is 4.93. The van der Waals surface area contributed by atoms with Gasteiger partial charge in [-0.2, -0.15) is 0 Å². The minimum absolute atomic E-state index is 0.0276. The van der Waals surface area contributed by atoms with Crippen molar-refractivity contribution in [3.63, 3.8) is 0 Å². The number of carbonyl (C=O) groups is 2. The maximum Gasteiger partial charge on any atom is 0.224 e. The van der Waals surface area contributed by atoms with E-state index >= 15 is 0 Å². The molecule has 5 nitrogen and oxygen atoms in total. The number of piperidine rings is 1. The number of para-hydroxylation sites is 1. The Morgan fingerprint density at radius 2 is 1.72 bits per heavy atom. The highest BCUT2D eigenvalue weighted by Gasteiger charge is 2.20. The van der Waals surface area contributed by atoms with E-state index in [9.17, 15) is 9.59 Å². The van der Waals surface area contributed by atoms with Gasteiger partial charge in [0.25, 0.3) is 0 Å². The Balaban J connectivity index is 1.37. The number of nitrogens with zero attached hydrogens (tertiary/aromatic N) is 1. The van der Waals surface area contributed by atoms with Crippen LogP contribution in [0.25, 0.3) is 0 Å². The van der Waals surface area contributed by atoms with Gasteiger partial charge in [0.2, 0.25) is 11.8 Å². The first-order chi connectivity index (χ1) is 14.0. The third kappa shape index (κ3) is 6.87. The van der Waals surface area contributed by atoms with Crippen LogP contribution < -0.4 is 10.6 Å². The lowest BCUT2D eigenvalue weighted by molar-refractivity contribution is -0.116. The number of nitrogens with one attached hydrogen (secondary N) is 2. The van der Waals surface area contributed by atoms with Gasteiger partial charge >= 0.3 is 0 Å². The molecular weight excluding hydrogens is 386 g/mol. The SMILES string of the molecule is CC(=O)Nc1ccc(CN2CCC(CCC(=O)Nc3ccccc3Cl)CC2)cc1. The molecule has 1 aliphatic heterocycles. The van der Waals surface area contributed by atoms with Crippen LogP contribution in [0.4, 0.5) is 11.4 Å². The van der Waals surface area contributed by atoms with Crippen LogP contribution in [-0.2, 0) is 16.1 Å². The van der Waals surface area contributed by atoms with E-state index in [0.717, 1.165) is 44.6 Å². The zero-order valence-electron chi connectivity index (χ0n) is 16.8. The van der Waals surface area contributed by atoms with Crippen LogP contribution in [0.2, 0.25) is 5.02 Å². The molecule has 0 atom stereocenters. The highest BCUT2D eigenvalue weighted by molar-refractivity contribution is 6.33. The molecule has 1 saturated heterocycles. The van der Waals surface area contributed by atoms with E-state index in [1.807, 2.05) is 30.3 Å². The van der Waals surface area contributed by atoms with Crippen LogP contribution in [0.15, 0.2) is 48.5 Å². The van der Waals surface area contributed by atoms with Crippen molar-refractivity contribution in [1.29, 1.82) is 0 Å². The second kappa shape index (κ2) is 10.4. The molecule has 6 heteroatoms. The molecule has 0 saturated carbocycles. The van der Waals surface area contributed by atoms with Crippen molar-refractivity contribution in [2.75, 3.05) is 23.7 Å². The fourth-order valence-electron chi connectivity index (χ4n) is 3.70. The molecule has 1 fully saturated rings. The summed E-state index contributed by atoms with van der Waals surface area (Å²) < 4.78 is 0. The number of benzene rings is 2. The molecule has 2 aromatic rings. The highest BCUT2D eigenvalue weighted by Crippen LogP contribution is 2.25. The molecule has 29 heavy (non-hydrogen) atoms. The number of anilines is 2. The Kier molecular flexibility index (Phi) is 7.67. The fourth-order valence-corrected chi connectivity index (χ4v) is 3.88. The topological polar surface area (TPSA) is 61.4 Å². The third-order valence-electron chi connectivity index (χ3n) is 5.32. The van der Waals surface area contributed by atoms with Crippen LogP contribution >= 0.6 is 11.6 Å². The summed E-state index contributed by atoms with van der Waals surface area (Å²) in [5, 5.41) is 6.26. The highest BCUT2D eigenvalue weighted by atomic mass is 35.5. The van der Waals surface area contributed by atoms with E-state index in [2.05, 4.69) is 27.7 Å². The molecule has 2 N–H and O–H groups in total. The van der Waals surface area contributed by atoms with Gasteiger partial charge in [0.15, 0.2) is 0 Å². The molecule has 0 bridgehead atoms. The van der Waals surface area contributed by atoms with Crippen LogP contribution in [0.5, 0.6) is 0 Å². The number of likely N-dealkylation sites (tertiary alicyclic amines) is 1. The number of hydrogen-bond donors (Lipinski definition) is 2. The summed E-state index contributed by atoms with van der Waals surface area (Å²) in [6, 6.07) is 15.3. The second-order valence-electron chi connectivity index (χ2n) is 7.66. The molecule has 0 aromatic heterocycles. The first-order valence-electron chi connectivity index (χ1n) is 10.1. The van der Waals surface area contributed by atoms with Gasteiger partial charge in [-0.15, -0.1) is 0 Å². The predicted molar refractivity (Wildman–Crippen MR) is 118 cm³/mol. The molecule has 0 spiro atoms. The summed E-state index contributed by atoms with van der Waals surface area (Å²) in [7, 11) is 0. The van der Waals surface area contributed by atoms with E-state index in [1.165, 1.54) is 12.5 Å². The normalized spacial score (nSPS) is 15.1. The van der Waals surface area contributed by atoms with Crippen molar-refractivity contribution in [2.45, 2.75) is 39.2 Å². The first-order valence-corrected chi connectivity index (χ1v) is 10.5. The van der Waals surface area contributed by atoms with Crippen molar-refractivity contribution in [1.82, 2.24) is 4.90 Å². The van der Waals surface area contributed by atoms with Gasteiger partial charge in [-0.05, 0) is 68.1 Å². The monoisotopic (exact) mass is 413 g/mol. The van der Waals surface area contributed by atoms with Gasteiger partial charge in [-0.1, -0.05) is 35.9 Å².